The summed E-state index contributed by atoms with van der Waals surface area (Å²) in [7, 11) is 0. The number of ketones is 2. The van der Waals surface area contributed by atoms with Crippen LogP contribution in [0.2, 0.25) is 0 Å². The van der Waals surface area contributed by atoms with Crippen molar-refractivity contribution >= 4 is 29.1 Å². The second kappa shape index (κ2) is 9.49. The summed E-state index contributed by atoms with van der Waals surface area (Å²) in [5.74, 6) is -10.4. The van der Waals surface area contributed by atoms with Crippen LogP contribution in [-0.2, 0) is 20.8 Å². The average molecular weight is 533 g/mol. The molecule has 0 bridgehead atoms. The number of aliphatic hydroxyl groups is 3. The van der Waals surface area contributed by atoms with Gasteiger partial charge in [0, 0.05) is 29.2 Å². The van der Waals surface area contributed by atoms with Gasteiger partial charge in [-0.2, -0.15) is 0 Å². The molecule has 0 spiro atoms. The zero-order valence-electron chi connectivity index (χ0n) is 20.7. The predicted molar refractivity (Wildman–Crippen MR) is 131 cm³/mol. The van der Waals surface area contributed by atoms with E-state index in [1.54, 1.807) is 0 Å². The first-order chi connectivity index (χ1) is 17.7. The van der Waals surface area contributed by atoms with Crippen LogP contribution in [0.3, 0.4) is 0 Å². The third-order valence-electron chi connectivity index (χ3n) is 7.70. The van der Waals surface area contributed by atoms with Gasteiger partial charge in [-0.3, -0.25) is 19.2 Å². The van der Waals surface area contributed by atoms with Gasteiger partial charge in [0.15, 0.2) is 17.1 Å². The second-order valence-electron chi connectivity index (χ2n) is 9.93. The number of aliphatic hydroxyl groups excluding tert-OH is 2. The van der Waals surface area contributed by atoms with Crippen molar-refractivity contribution in [2.75, 3.05) is 11.9 Å². The number of hydrogen-bond donors (Lipinski definition) is 8. The van der Waals surface area contributed by atoms with Crippen molar-refractivity contribution in [1.29, 1.82) is 0 Å². The Bertz CT molecular complexity index is 1340. The van der Waals surface area contributed by atoms with Crippen LogP contribution in [0.1, 0.15) is 42.6 Å². The van der Waals surface area contributed by atoms with E-state index < -0.39 is 86.7 Å². The molecule has 0 aliphatic heterocycles. The predicted octanol–water partition coefficient (Wildman–Crippen LogP) is -0.0166. The standard InChI is InChI=1S/C25H29FN4O8/c1-3-8(2)29-7-14(31)30-13-6-12(26)10-4-9-5-11-18(27)21(34)17(24(28)37)23(36)25(11,38)22(35)15(9)20(33)16(10)19(13)32/h6,8-9,11,18,29,32,34-35,38H,3-5,7,27H2,1-2H3,(H2,28,37)(H,30,31)/t8-,9+,11+,18+,25+/m1/s1. The summed E-state index contributed by atoms with van der Waals surface area (Å²) in [5, 5.41) is 48.8. The number of phenolic OH excluding ortho intramolecular Hbond substituents is 1. The molecule has 3 aliphatic carbocycles. The van der Waals surface area contributed by atoms with E-state index in [2.05, 4.69) is 10.6 Å². The number of hydrogen-bond acceptors (Lipinski definition) is 10. The summed E-state index contributed by atoms with van der Waals surface area (Å²) >= 11 is 0. The first-order valence-electron chi connectivity index (χ1n) is 12.1. The minimum Gasteiger partial charge on any atom is -0.510 e. The number of nitrogens with two attached hydrogens (primary N) is 2. The van der Waals surface area contributed by atoms with Crippen LogP contribution in [-0.4, -0.2) is 68.0 Å². The summed E-state index contributed by atoms with van der Waals surface area (Å²) in [6.07, 6.45) is 0.269. The Hall–Kier alpha value is -3.81. The molecule has 1 aromatic rings. The van der Waals surface area contributed by atoms with Gasteiger partial charge < -0.3 is 42.5 Å². The van der Waals surface area contributed by atoms with Crippen LogP contribution in [0, 0.1) is 17.7 Å². The van der Waals surface area contributed by atoms with Crippen molar-refractivity contribution in [1.82, 2.24) is 5.32 Å². The normalized spacial score (nSPS) is 27.4. The highest BCUT2D eigenvalue weighted by molar-refractivity contribution is 6.25. The van der Waals surface area contributed by atoms with Crippen LogP contribution >= 0.6 is 0 Å². The lowest BCUT2D eigenvalue weighted by Crippen LogP contribution is -2.63. The maximum atomic E-state index is 15.2. The van der Waals surface area contributed by atoms with Crippen molar-refractivity contribution in [2.45, 2.75) is 50.8 Å². The molecule has 2 amide bonds. The molecule has 204 valence electrons. The third-order valence-corrected chi connectivity index (χ3v) is 7.70. The van der Waals surface area contributed by atoms with E-state index in [0.717, 1.165) is 12.5 Å². The van der Waals surface area contributed by atoms with Gasteiger partial charge in [-0.25, -0.2) is 4.39 Å². The Morgan fingerprint density at radius 2 is 1.92 bits per heavy atom. The van der Waals surface area contributed by atoms with Crippen LogP contribution < -0.4 is 22.1 Å². The molecule has 13 heteroatoms. The van der Waals surface area contributed by atoms with Crippen LogP contribution in [0.5, 0.6) is 5.75 Å². The van der Waals surface area contributed by atoms with Gasteiger partial charge in [-0.05, 0) is 32.1 Å². The van der Waals surface area contributed by atoms with Gasteiger partial charge in [0.25, 0.3) is 5.91 Å². The first kappa shape index (κ1) is 27.2. The zero-order chi connectivity index (χ0) is 28.3. The van der Waals surface area contributed by atoms with Crippen molar-refractivity contribution in [2.24, 2.45) is 23.3 Å². The van der Waals surface area contributed by atoms with Crippen LogP contribution in [0.15, 0.2) is 28.7 Å². The number of primary amides is 1. The molecule has 0 heterocycles. The molecule has 0 radical (unpaired) electrons. The number of aromatic hydroxyl groups is 1. The number of carbonyl (C=O) groups is 4. The molecule has 12 nitrogen and oxygen atoms in total. The Labute approximate surface area is 216 Å². The summed E-state index contributed by atoms with van der Waals surface area (Å²) in [6, 6.07) is -0.605. The van der Waals surface area contributed by atoms with E-state index >= 15 is 4.39 Å². The maximum Gasteiger partial charge on any atom is 0.255 e. The molecular weight excluding hydrogens is 503 g/mol. The highest BCUT2D eigenvalue weighted by atomic mass is 19.1. The smallest absolute Gasteiger partial charge is 0.255 e. The molecule has 3 aliphatic rings. The van der Waals surface area contributed by atoms with Gasteiger partial charge in [0.2, 0.25) is 11.7 Å². The van der Waals surface area contributed by atoms with Crippen molar-refractivity contribution in [3.63, 3.8) is 0 Å². The highest BCUT2D eigenvalue weighted by Gasteiger charge is 2.62. The maximum absolute atomic E-state index is 15.2. The topological polar surface area (TPSA) is 225 Å². The zero-order valence-corrected chi connectivity index (χ0v) is 20.7. The number of anilines is 1. The Balaban J connectivity index is 1.78. The third kappa shape index (κ3) is 3.94. The van der Waals surface area contributed by atoms with Crippen molar-refractivity contribution < 1.29 is 44.0 Å². The summed E-state index contributed by atoms with van der Waals surface area (Å²) in [4.78, 5) is 50.7. The molecule has 0 aromatic heterocycles. The number of amides is 2. The lowest BCUT2D eigenvalue weighted by Gasteiger charge is -2.47. The summed E-state index contributed by atoms with van der Waals surface area (Å²) in [6.45, 7) is 3.62. The lowest BCUT2D eigenvalue weighted by atomic mass is 9.59. The van der Waals surface area contributed by atoms with Gasteiger partial charge in [-0.1, -0.05) is 6.92 Å². The Morgan fingerprint density at radius 1 is 1.26 bits per heavy atom. The Kier molecular flexibility index (Phi) is 6.80. The molecule has 1 aromatic carbocycles. The molecule has 0 fully saturated rings. The monoisotopic (exact) mass is 532 g/mol. The number of benzene rings is 1. The SMILES string of the molecule is CC[C@@H](C)NCC(=O)Nc1cc(F)c2c(c1O)C(=O)C1=C(O)[C@]3(O)C(=O)C(C(N)=O)=C(O)[C@@H](N)[C@@H]3C[C@@H]1C2. The fourth-order valence-corrected chi connectivity index (χ4v) is 5.44. The summed E-state index contributed by atoms with van der Waals surface area (Å²) in [5.41, 5.74) is 5.71. The number of allylic oxidation sites excluding steroid dienone is 1. The number of fused-ring (bicyclic) bond motifs is 3. The average Bonchev–Trinajstić information content (AvgIpc) is 2.85. The van der Waals surface area contributed by atoms with E-state index in [4.69, 9.17) is 11.5 Å². The summed E-state index contributed by atoms with van der Waals surface area (Å²) < 4.78 is 15.2. The number of Topliss-reactive ketones (excluding diaryl/α,β-unsaturated/α-hetero) is 2. The molecular formula is C25H29FN4O8. The number of rotatable bonds is 6. The van der Waals surface area contributed by atoms with Gasteiger partial charge in [0.05, 0.1) is 23.8 Å². The molecule has 5 atom stereocenters. The molecule has 10 N–H and O–H groups in total. The molecule has 0 saturated heterocycles. The quantitative estimate of drug-likeness (QED) is 0.180. The number of halogens is 1. The number of phenols is 1. The number of carbonyl (C=O) groups excluding carboxylic acids is 4. The van der Waals surface area contributed by atoms with Gasteiger partial charge in [-0.15, -0.1) is 0 Å². The fraction of sp³-hybridized carbons (Fsp3) is 0.440. The molecule has 0 unspecified atom stereocenters. The minimum atomic E-state index is -2.86. The first-order valence-corrected chi connectivity index (χ1v) is 12.1. The lowest BCUT2D eigenvalue weighted by molar-refractivity contribution is -0.145. The van der Waals surface area contributed by atoms with Crippen molar-refractivity contribution in [3.8, 4) is 5.75 Å². The van der Waals surface area contributed by atoms with E-state index in [9.17, 15) is 39.6 Å². The largest absolute Gasteiger partial charge is 0.510 e. The second-order valence-corrected chi connectivity index (χ2v) is 9.93. The van der Waals surface area contributed by atoms with E-state index in [0.29, 0.717) is 0 Å². The van der Waals surface area contributed by atoms with Gasteiger partial charge in [0.1, 0.15) is 22.9 Å². The molecule has 0 saturated carbocycles. The minimum absolute atomic E-state index is 0.0198. The number of nitrogens with one attached hydrogen (secondary N) is 2. The van der Waals surface area contributed by atoms with Crippen LogP contribution in [0.25, 0.3) is 0 Å². The van der Waals surface area contributed by atoms with E-state index in [1.165, 1.54) is 0 Å². The highest BCUT2D eigenvalue weighted by Crippen LogP contribution is 2.52. The fourth-order valence-electron chi connectivity index (χ4n) is 5.44. The van der Waals surface area contributed by atoms with Gasteiger partial charge >= 0.3 is 0 Å². The Morgan fingerprint density at radius 3 is 2.53 bits per heavy atom. The van der Waals surface area contributed by atoms with E-state index in [1.807, 2.05) is 13.8 Å². The molecule has 38 heavy (non-hydrogen) atoms. The van der Waals surface area contributed by atoms with Crippen LogP contribution in [0.4, 0.5) is 10.1 Å². The van der Waals surface area contributed by atoms with E-state index in [-0.39, 0.29) is 36.7 Å². The molecule has 4 rings (SSSR count). The van der Waals surface area contributed by atoms with Crippen molar-refractivity contribution in [3.05, 3.63) is 45.7 Å².